The fourth-order valence-corrected chi connectivity index (χ4v) is 0. The van der Waals surface area contributed by atoms with Gasteiger partial charge in [-0.2, -0.15) is 0 Å². The maximum absolute atomic E-state index is 7.95. The number of halogens is 2. The van der Waals surface area contributed by atoms with Gasteiger partial charge in [0.25, 0.3) is 0 Å². The van der Waals surface area contributed by atoms with Gasteiger partial charge in [-0.15, -0.1) is 0 Å². The average Bonchev–Trinajstić information content (AvgIpc) is 0.811. The summed E-state index contributed by atoms with van der Waals surface area (Å²) in [5, 5.41) is 0. The molecule has 4 heteroatoms. The Morgan fingerprint density at radius 2 is 1.50 bits per heavy atom. The zero-order valence-electron chi connectivity index (χ0n) is 1.65. The first-order valence-electron chi connectivity index (χ1n) is 0.538. The summed E-state index contributed by atoms with van der Waals surface area (Å²) in [6, 6.07) is 0. The van der Waals surface area contributed by atoms with Gasteiger partial charge < -0.3 is 4.89 Å². The number of rotatable bonds is 0. The van der Waals surface area contributed by atoms with Crippen molar-refractivity contribution in [1.29, 1.82) is 0 Å². The second kappa shape index (κ2) is 2.58. The zero-order valence-corrected chi connectivity index (χ0v) is 5.72. The Bertz CT molecular complexity index is 10.8. The Morgan fingerprint density at radius 1 is 1.50 bits per heavy atom. The zero-order chi connectivity index (χ0) is 3.58. The van der Waals surface area contributed by atoms with Crippen molar-refractivity contribution < 1.29 is 4.89 Å². The van der Waals surface area contributed by atoms with Gasteiger partial charge in [0.05, 0.1) is 0 Å². The molecule has 0 aromatic carbocycles. The van der Waals surface area contributed by atoms with Crippen LogP contribution in [0.1, 0.15) is 0 Å². The highest BCUT2D eigenvalue weighted by Gasteiger charge is 1.76. The first-order chi connectivity index (χ1) is 1.73. The summed E-state index contributed by atoms with van der Waals surface area (Å²) in [5.41, 5.74) is -0.995. The molecule has 0 unspecified atom stereocenters. The normalized spacial score (nSPS) is 9.00. The van der Waals surface area contributed by atoms with E-state index in [1.165, 1.54) is 0 Å². The first kappa shape index (κ1) is 5.35. The minimum Gasteiger partial charge on any atom is -0.354 e. The van der Waals surface area contributed by atoms with Crippen molar-refractivity contribution in [2.75, 3.05) is 0 Å². The fourth-order valence-electron chi connectivity index (χ4n) is 0. The van der Waals surface area contributed by atoms with E-state index in [4.69, 9.17) is 4.89 Å². The SMILES string of the molecule is OP(Br)Br. The summed E-state index contributed by atoms with van der Waals surface area (Å²) >= 11 is 5.62. The van der Waals surface area contributed by atoms with Crippen LogP contribution in [0, 0.1) is 0 Å². The van der Waals surface area contributed by atoms with Gasteiger partial charge in [-0.05, 0) is 31.0 Å². The van der Waals surface area contributed by atoms with E-state index >= 15 is 0 Å². The highest BCUT2D eigenvalue weighted by molar-refractivity contribution is 9.68. The van der Waals surface area contributed by atoms with Gasteiger partial charge in [0, 0.05) is 0 Å². The Labute approximate surface area is 41.7 Å². The summed E-state index contributed by atoms with van der Waals surface area (Å²) in [5.74, 6) is 0. The van der Waals surface area contributed by atoms with Crippen LogP contribution in [0.2, 0.25) is 0 Å². The number of hydrogen-bond acceptors (Lipinski definition) is 1. The number of hydrogen-bond donors (Lipinski definition) is 1. The minimum absolute atomic E-state index is 0.995. The van der Waals surface area contributed by atoms with E-state index in [0.717, 1.165) is 0 Å². The molecule has 0 aliphatic rings. The summed E-state index contributed by atoms with van der Waals surface area (Å²) in [4.78, 5) is 7.95. The van der Waals surface area contributed by atoms with Crippen LogP contribution in [0.4, 0.5) is 0 Å². The van der Waals surface area contributed by atoms with Gasteiger partial charge >= 0.3 is 0 Å². The van der Waals surface area contributed by atoms with Crippen molar-refractivity contribution >= 4 is 36.5 Å². The molecule has 0 aliphatic carbocycles. The van der Waals surface area contributed by atoms with Gasteiger partial charge in [0.1, 0.15) is 0 Å². The third kappa shape index (κ3) is 10.2. The Kier molecular flexibility index (Phi) is 3.45. The summed E-state index contributed by atoms with van der Waals surface area (Å²) in [7, 11) is 0. The van der Waals surface area contributed by atoms with E-state index in [2.05, 4.69) is 31.0 Å². The van der Waals surface area contributed by atoms with Crippen LogP contribution in [0.15, 0.2) is 0 Å². The Hall–Kier alpha value is 1.35. The molecule has 4 heavy (non-hydrogen) atoms. The molecule has 0 heterocycles. The van der Waals surface area contributed by atoms with Gasteiger partial charge in [0.15, 0.2) is 5.55 Å². The van der Waals surface area contributed by atoms with Crippen molar-refractivity contribution in [3.05, 3.63) is 0 Å². The Balaban J connectivity index is 2.32. The summed E-state index contributed by atoms with van der Waals surface area (Å²) < 4.78 is 0. The third-order valence-electron chi connectivity index (χ3n) is 0. The minimum atomic E-state index is -0.995. The van der Waals surface area contributed by atoms with E-state index in [9.17, 15) is 0 Å². The predicted octanol–water partition coefficient (Wildman–Crippen LogP) is 2.00. The Morgan fingerprint density at radius 3 is 1.50 bits per heavy atom. The molecular weight excluding hydrogens is 207 g/mol. The van der Waals surface area contributed by atoms with Gasteiger partial charge in [-0.25, -0.2) is 0 Å². The topological polar surface area (TPSA) is 20.2 Å². The van der Waals surface area contributed by atoms with Crippen molar-refractivity contribution in [1.82, 2.24) is 0 Å². The lowest BCUT2D eigenvalue weighted by atomic mass is 15.9. The average molecular weight is 208 g/mol. The molecule has 26 valence electrons. The highest BCUT2D eigenvalue weighted by Crippen LogP contribution is 2.46. The lowest BCUT2D eigenvalue weighted by molar-refractivity contribution is 0.658. The van der Waals surface area contributed by atoms with Crippen LogP contribution in [0.25, 0.3) is 0 Å². The van der Waals surface area contributed by atoms with Crippen LogP contribution >= 0.6 is 36.5 Å². The van der Waals surface area contributed by atoms with Crippen molar-refractivity contribution in [2.45, 2.75) is 0 Å². The molecule has 0 rings (SSSR count). The van der Waals surface area contributed by atoms with Crippen LogP contribution < -0.4 is 0 Å². The lowest BCUT2D eigenvalue weighted by Gasteiger charge is -1.73. The molecule has 0 atom stereocenters. The fraction of sp³-hybridized carbons (Fsp3) is 0. The molecule has 0 aliphatic heterocycles. The predicted molar refractivity (Wildman–Crippen MR) is 27.0 cm³/mol. The quantitative estimate of drug-likeness (QED) is 0.603. The largest absolute Gasteiger partial charge is 0.354 e. The molecule has 1 nitrogen and oxygen atoms in total. The molecule has 0 fully saturated rings. The van der Waals surface area contributed by atoms with Gasteiger partial charge in [-0.1, -0.05) is 0 Å². The highest BCUT2D eigenvalue weighted by atomic mass is 79.9. The van der Waals surface area contributed by atoms with Crippen LogP contribution in [-0.2, 0) is 0 Å². The molecule has 0 radical (unpaired) electrons. The van der Waals surface area contributed by atoms with E-state index in [1.54, 1.807) is 0 Å². The molecule has 1 N–H and O–H groups in total. The van der Waals surface area contributed by atoms with Crippen LogP contribution in [0.3, 0.4) is 0 Å². The monoisotopic (exact) mass is 206 g/mol. The van der Waals surface area contributed by atoms with E-state index in [-0.39, 0.29) is 0 Å². The second-order valence-corrected chi connectivity index (χ2v) is 7.53. The maximum atomic E-state index is 7.95. The smallest absolute Gasteiger partial charge is 0.168 e. The van der Waals surface area contributed by atoms with Gasteiger partial charge in [-0.3, -0.25) is 0 Å². The summed E-state index contributed by atoms with van der Waals surface area (Å²) in [6.45, 7) is 0. The van der Waals surface area contributed by atoms with Crippen molar-refractivity contribution in [2.24, 2.45) is 0 Å². The molecule has 0 bridgehead atoms. The molecule has 0 saturated carbocycles. The van der Waals surface area contributed by atoms with Crippen LogP contribution in [0.5, 0.6) is 0 Å². The maximum Gasteiger partial charge on any atom is 0.168 e. The van der Waals surface area contributed by atoms with E-state index in [0.29, 0.717) is 0 Å². The van der Waals surface area contributed by atoms with Crippen molar-refractivity contribution in [3.8, 4) is 0 Å². The first-order valence-corrected chi connectivity index (χ1v) is 5.87. The molecule has 0 aromatic rings. The third-order valence-corrected chi connectivity index (χ3v) is 0. The van der Waals surface area contributed by atoms with E-state index < -0.39 is 5.55 Å². The van der Waals surface area contributed by atoms with Crippen LogP contribution in [-0.4, -0.2) is 4.89 Å². The second-order valence-electron chi connectivity index (χ2n) is 0.215. The summed E-state index contributed by atoms with van der Waals surface area (Å²) in [6.07, 6.45) is 0. The van der Waals surface area contributed by atoms with Gasteiger partial charge in [0.2, 0.25) is 0 Å². The van der Waals surface area contributed by atoms with E-state index in [1.807, 2.05) is 0 Å². The molecule has 0 amide bonds. The molecular formula is HBr2OP. The molecule has 0 spiro atoms. The van der Waals surface area contributed by atoms with Crippen molar-refractivity contribution in [3.63, 3.8) is 0 Å². The molecule has 0 saturated heterocycles. The molecule has 0 aromatic heterocycles. The standard InChI is InChI=1S/Br2HOP/c1-4(2)3/h3H. The lowest BCUT2D eigenvalue weighted by Crippen LogP contribution is -1.20.